The second-order valence-corrected chi connectivity index (χ2v) is 5.08. The van der Waals surface area contributed by atoms with E-state index in [9.17, 15) is 0 Å². The largest absolute Gasteiger partial charge is 0.326 e. The average molecular weight is 253 g/mol. The molecule has 0 fully saturated rings. The Morgan fingerprint density at radius 1 is 1.00 bits per heavy atom. The third-order valence-corrected chi connectivity index (χ3v) is 3.26. The quantitative estimate of drug-likeness (QED) is 0.887. The van der Waals surface area contributed by atoms with Gasteiger partial charge in [0, 0.05) is 13.1 Å². The van der Waals surface area contributed by atoms with Gasteiger partial charge in [-0.1, -0.05) is 36.4 Å². The summed E-state index contributed by atoms with van der Waals surface area (Å²) >= 11 is 0. The summed E-state index contributed by atoms with van der Waals surface area (Å²) in [5, 5.41) is 0. The van der Waals surface area contributed by atoms with E-state index >= 15 is 0 Å². The van der Waals surface area contributed by atoms with Crippen LogP contribution in [0.5, 0.6) is 0 Å². The number of nitrogens with two attached hydrogens (primary N) is 1. The molecule has 0 heterocycles. The van der Waals surface area contributed by atoms with Crippen molar-refractivity contribution in [3.05, 3.63) is 70.8 Å². The van der Waals surface area contributed by atoms with Gasteiger partial charge in [0.05, 0.1) is 0 Å². The van der Waals surface area contributed by atoms with Gasteiger partial charge in [0.2, 0.25) is 0 Å². The molecule has 0 aliphatic carbocycles. The summed E-state index contributed by atoms with van der Waals surface area (Å²) in [6.07, 6.45) is 0.936. The molecule has 0 aromatic heterocycles. The minimum atomic E-state index is 0.572. The molecular weight excluding hydrogens is 232 g/mol. The van der Waals surface area contributed by atoms with Crippen LogP contribution in [-0.4, -0.2) is 19.0 Å². The highest BCUT2D eigenvalue weighted by Crippen LogP contribution is 2.18. The molecule has 0 bridgehead atoms. The van der Waals surface area contributed by atoms with Crippen LogP contribution in [0.25, 0.3) is 0 Å². The highest BCUT2D eigenvalue weighted by molar-refractivity contribution is 5.36. The first-order valence-corrected chi connectivity index (χ1v) is 6.60. The van der Waals surface area contributed by atoms with Gasteiger partial charge in [-0.05, 0) is 54.9 Å². The van der Waals surface area contributed by atoms with Gasteiger partial charge < -0.3 is 10.6 Å². The smallest absolute Gasteiger partial charge is 0.0230 e. The molecule has 0 aliphatic rings. The van der Waals surface area contributed by atoms with Crippen molar-refractivity contribution in [2.45, 2.75) is 19.5 Å². The molecule has 0 saturated heterocycles. The van der Waals surface area contributed by atoms with Crippen LogP contribution in [-0.2, 0) is 19.5 Å². The zero-order valence-corrected chi connectivity index (χ0v) is 11.7. The van der Waals surface area contributed by atoms with Crippen molar-refractivity contribution in [1.29, 1.82) is 0 Å². The van der Waals surface area contributed by atoms with Gasteiger partial charge in [0.25, 0.3) is 0 Å². The predicted octanol–water partition coefficient (Wildman–Crippen LogP) is 2.60. The van der Waals surface area contributed by atoms with E-state index in [0.29, 0.717) is 6.54 Å². The molecule has 2 N–H and O–H groups in total. The van der Waals surface area contributed by atoms with Crippen LogP contribution in [0.15, 0.2) is 42.5 Å². The summed E-state index contributed by atoms with van der Waals surface area (Å²) in [5.74, 6) is 0. The molecule has 0 spiro atoms. The van der Waals surface area contributed by atoms with E-state index in [1.54, 1.807) is 0 Å². The van der Waals surface area contributed by atoms with Crippen molar-refractivity contribution in [2.24, 2.45) is 5.73 Å². The van der Waals surface area contributed by atoms with Crippen molar-refractivity contribution in [3.63, 3.8) is 0 Å². The molecule has 2 aromatic rings. The van der Waals surface area contributed by atoms with Crippen LogP contribution in [0, 0.1) is 6.07 Å². The monoisotopic (exact) mass is 253 g/mol. The average Bonchev–Trinajstić information content (AvgIpc) is 2.41. The van der Waals surface area contributed by atoms with Crippen molar-refractivity contribution in [2.75, 3.05) is 14.1 Å². The molecule has 0 aliphatic heterocycles. The van der Waals surface area contributed by atoms with E-state index in [0.717, 1.165) is 13.0 Å². The summed E-state index contributed by atoms with van der Waals surface area (Å²) in [6, 6.07) is 17.8. The zero-order valence-electron chi connectivity index (χ0n) is 11.7. The van der Waals surface area contributed by atoms with Crippen LogP contribution in [0.1, 0.15) is 22.3 Å². The molecule has 0 unspecified atom stereocenters. The zero-order chi connectivity index (χ0) is 13.7. The number of rotatable bonds is 5. The lowest BCUT2D eigenvalue weighted by Crippen LogP contribution is -2.12. The minimum Gasteiger partial charge on any atom is -0.326 e. The molecular formula is C17H21N2. The van der Waals surface area contributed by atoms with E-state index in [1.165, 1.54) is 22.3 Å². The minimum absolute atomic E-state index is 0.572. The van der Waals surface area contributed by atoms with Crippen LogP contribution in [0.4, 0.5) is 0 Å². The summed E-state index contributed by atoms with van der Waals surface area (Å²) in [4.78, 5) is 2.20. The van der Waals surface area contributed by atoms with E-state index in [-0.39, 0.29) is 0 Å². The second kappa shape index (κ2) is 6.50. The molecule has 2 nitrogen and oxygen atoms in total. The molecule has 19 heavy (non-hydrogen) atoms. The first kappa shape index (κ1) is 13.8. The summed E-state index contributed by atoms with van der Waals surface area (Å²) < 4.78 is 0. The third-order valence-electron chi connectivity index (χ3n) is 3.26. The molecule has 0 saturated carbocycles. The van der Waals surface area contributed by atoms with Gasteiger partial charge in [-0.15, -0.1) is 0 Å². The molecule has 2 heteroatoms. The van der Waals surface area contributed by atoms with Crippen molar-refractivity contribution in [1.82, 2.24) is 4.90 Å². The Morgan fingerprint density at radius 2 is 1.68 bits per heavy atom. The van der Waals surface area contributed by atoms with Gasteiger partial charge in [0.15, 0.2) is 0 Å². The number of hydrogen-bond acceptors (Lipinski definition) is 2. The third kappa shape index (κ3) is 3.66. The van der Waals surface area contributed by atoms with Gasteiger partial charge in [-0.25, -0.2) is 0 Å². The molecule has 2 rings (SSSR count). The Kier molecular flexibility index (Phi) is 4.72. The van der Waals surface area contributed by atoms with Gasteiger partial charge >= 0.3 is 0 Å². The normalized spacial score (nSPS) is 10.9. The number of benzene rings is 2. The lowest BCUT2D eigenvalue weighted by molar-refractivity contribution is 0.401. The van der Waals surface area contributed by atoms with Crippen LogP contribution < -0.4 is 5.73 Å². The molecule has 0 atom stereocenters. The van der Waals surface area contributed by atoms with Crippen LogP contribution >= 0.6 is 0 Å². The maximum Gasteiger partial charge on any atom is 0.0230 e. The van der Waals surface area contributed by atoms with E-state index < -0.39 is 0 Å². The lowest BCUT2D eigenvalue weighted by atomic mass is 9.96. The Hall–Kier alpha value is -1.64. The maximum atomic E-state index is 5.79. The molecule has 99 valence electrons. The molecule has 2 aromatic carbocycles. The fourth-order valence-electron chi connectivity index (χ4n) is 2.29. The molecule has 1 radical (unpaired) electrons. The number of nitrogens with zero attached hydrogens (tertiary/aromatic N) is 1. The number of hydrogen-bond donors (Lipinski definition) is 1. The Bertz CT molecular complexity index is 532. The highest BCUT2D eigenvalue weighted by Gasteiger charge is 2.06. The van der Waals surface area contributed by atoms with Crippen LogP contribution in [0.3, 0.4) is 0 Å². The van der Waals surface area contributed by atoms with Gasteiger partial charge in [-0.2, -0.15) is 0 Å². The fourth-order valence-corrected chi connectivity index (χ4v) is 2.29. The maximum absolute atomic E-state index is 5.79. The topological polar surface area (TPSA) is 29.3 Å². The summed E-state index contributed by atoms with van der Waals surface area (Å²) in [6.45, 7) is 1.54. The van der Waals surface area contributed by atoms with Gasteiger partial charge in [-0.3, -0.25) is 0 Å². The first-order valence-electron chi connectivity index (χ1n) is 6.60. The van der Waals surface area contributed by atoms with Crippen molar-refractivity contribution in [3.8, 4) is 0 Å². The van der Waals surface area contributed by atoms with Crippen molar-refractivity contribution < 1.29 is 0 Å². The Labute approximate surface area is 115 Å². The van der Waals surface area contributed by atoms with E-state index in [4.69, 9.17) is 5.73 Å². The predicted molar refractivity (Wildman–Crippen MR) is 79.8 cm³/mol. The first-order chi connectivity index (χ1) is 9.20. The summed E-state index contributed by atoms with van der Waals surface area (Å²) in [5.41, 5.74) is 11.0. The lowest BCUT2D eigenvalue weighted by Gasteiger charge is -2.15. The summed E-state index contributed by atoms with van der Waals surface area (Å²) in [7, 11) is 4.19. The van der Waals surface area contributed by atoms with Crippen molar-refractivity contribution >= 4 is 0 Å². The SMILES string of the molecule is CN(C)Cc1ccccc1Cc1cc[c]cc1CN. The van der Waals surface area contributed by atoms with E-state index in [1.807, 2.05) is 12.1 Å². The standard InChI is InChI=1S/C17H21N2/c1-19(2)13-17-10-6-4-8-15(17)11-14-7-3-5-9-16(14)12-18/h3-4,6-10H,11-13,18H2,1-2H3. The van der Waals surface area contributed by atoms with E-state index in [2.05, 4.69) is 55.4 Å². The van der Waals surface area contributed by atoms with Crippen LogP contribution in [0.2, 0.25) is 0 Å². The molecule has 0 amide bonds. The highest BCUT2D eigenvalue weighted by atomic mass is 15.0. The Balaban J connectivity index is 2.27. The Morgan fingerprint density at radius 3 is 2.37 bits per heavy atom. The fraction of sp³-hybridized carbons (Fsp3) is 0.294. The van der Waals surface area contributed by atoms with Gasteiger partial charge in [0.1, 0.15) is 0 Å². The second-order valence-electron chi connectivity index (χ2n) is 5.08.